The van der Waals surface area contributed by atoms with E-state index in [1.54, 1.807) is 35.2 Å². The van der Waals surface area contributed by atoms with Gasteiger partial charge in [-0.25, -0.2) is 14.3 Å². The molecule has 142 valence electrons. The van der Waals surface area contributed by atoms with Crippen LogP contribution in [0.15, 0.2) is 40.2 Å². The van der Waals surface area contributed by atoms with E-state index >= 15 is 0 Å². The molecule has 0 radical (unpaired) electrons. The number of benzene rings is 1. The second-order valence-electron chi connectivity index (χ2n) is 6.73. The van der Waals surface area contributed by atoms with Gasteiger partial charge in [0.05, 0.1) is 29.7 Å². The third-order valence-electron chi connectivity index (χ3n) is 4.87. The molecule has 2 aromatic heterocycles. The van der Waals surface area contributed by atoms with Crippen molar-refractivity contribution in [2.24, 2.45) is 0 Å². The number of fused-ring (bicyclic) bond motifs is 1. The molecule has 0 N–H and O–H groups in total. The number of rotatable bonds is 5. The molecule has 1 saturated heterocycles. The van der Waals surface area contributed by atoms with Gasteiger partial charge in [-0.15, -0.1) is 0 Å². The summed E-state index contributed by atoms with van der Waals surface area (Å²) >= 11 is 6.36. The summed E-state index contributed by atoms with van der Waals surface area (Å²) in [5.41, 5.74) is 0.471. The van der Waals surface area contributed by atoms with Gasteiger partial charge in [0.2, 0.25) is 0 Å². The molecular weight excluding hydrogens is 368 g/mol. The van der Waals surface area contributed by atoms with Gasteiger partial charge >= 0.3 is 5.69 Å². The van der Waals surface area contributed by atoms with Gasteiger partial charge in [0, 0.05) is 13.2 Å². The van der Waals surface area contributed by atoms with Crippen molar-refractivity contribution in [2.75, 3.05) is 6.61 Å². The van der Waals surface area contributed by atoms with Crippen LogP contribution in [0.25, 0.3) is 16.9 Å². The molecule has 0 spiro atoms. The summed E-state index contributed by atoms with van der Waals surface area (Å²) in [6, 6.07) is 7.07. The second kappa shape index (κ2) is 7.32. The van der Waals surface area contributed by atoms with Gasteiger partial charge in [-0.3, -0.25) is 9.36 Å². The highest BCUT2D eigenvalue weighted by atomic mass is 35.5. The van der Waals surface area contributed by atoms with Crippen LogP contribution in [-0.4, -0.2) is 31.4 Å². The number of aromatic nitrogens is 4. The molecule has 1 atom stereocenters. The lowest BCUT2D eigenvalue weighted by atomic mass is 10.2. The topological polar surface area (TPSA) is 71.1 Å². The Bertz CT molecular complexity index is 1090. The molecule has 0 aliphatic carbocycles. The molecule has 1 aliphatic rings. The van der Waals surface area contributed by atoms with Crippen molar-refractivity contribution in [3.8, 4) is 5.69 Å². The molecule has 7 nitrogen and oxygen atoms in total. The Labute approximate surface area is 160 Å². The minimum atomic E-state index is -0.446. The van der Waals surface area contributed by atoms with Gasteiger partial charge < -0.3 is 9.30 Å². The molecule has 0 bridgehead atoms. The van der Waals surface area contributed by atoms with Gasteiger partial charge in [0.25, 0.3) is 5.56 Å². The van der Waals surface area contributed by atoms with Crippen LogP contribution in [-0.2, 0) is 17.8 Å². The van der Waals surface area contributed by atoms with Gasteiger partial charge in [-0.2, -0.15) is 0 Å². The molecule has 3 aromatic rings. The van der Waals surface area contributed by atoms with Crippen LogP contribution in [0, 0.1) is 0 Å². The Kier molecular flexibility index (Phi) is 4.88. The zero-order valence-electron chi connectivity index (χ0n) is 15.1. The number of aryl methyl sites for hydroxylation is 1. The van der Waals surface area contributed by atoms with Crippen LogP contribution in [0.1, 0.15) is 26.2 Å². The van der Waals surface area contributed by atoms with E-state index < -0.39 is 5.69 Å². The van der Waals surface area contributed by atoms with Gasteiger partial charge in [0.1, 0.15) is 0 Å². The smallest absolute Gasteiger partial charge is 0.337 e. The Hall–Kier alpha value is -2.38. The van der Waals surface area contributed by atoms with E-state index in [0.29, 0.717) is 35.0 Å². The highest BCUT2D eigenvalue weighted by molar-refractivity contribution is 6.32. The minimum absolute atomic E-state index is 0.130. The van der Waals surface area contributed by atoms with Crippen molar-refractivity contribution in [1.82, 2.24) is 18.7 Å². The third kappa shape index (κ3) is 3.11. The van der Waals surface area contributed by atoms with Crippen molar-refractivity contribution in [2.45, 2.75) is 45.4 Å². The SMILES string of the molecule is CCCn1cnc2c1c(=O)n(CC1CCCO1)c(=O)n2-c1ccccc1Cl. The summed E-state index contributed by atoms with van der Waals surface area (Å²) < 4.78 is 10.1. The zero-order chi connectivity index (χ0) is 19.0. The van der Waals surface area contributed by atoms with E-state index in [2.05, 4.69) is 4.98 Å². The molecule has 1 aliphatic heterocycles. The Morgan fingerprint density at radius 3 is 2.81 bits per heavy atom. The molecule has 3 heterocycles. The quantitative estimate of drug-likeness (QED) is 0.673. The van der Waals surface area contributed by atoms with E-state index in [1.165, 1.54) is 9.13 Å². The first-order valence-corrected chi connectivity index (χ1v) is 9.56. The Balaban J connectivity index is 2.02. The highest BCUT2D eigenvalue weighted by Gasteiger charge is 2.23. The lowest BCUT2D eigenvalue weighted by molar-refractivity contribution is 0.0950. The normalized spacial score (nSPS) is 17.0. The molecule has 4 rings (SSSR count). The lowest BCUT2D eigenvalue weighted by Gasteiger charge is -2.15. The maximum atomic E-state index is 13.3. The zero-order valence-corrected chi connectivity index (χ0v) is 15.9. The number of hydrogen-bond donors (Lipinski definition) is 0. The average molecular weight is 389 g/mol. The van der Waals surface area contributed by atoms with Crippen LogP contribution in [0.3, 0.4) is 0 Å². The first-order valence-electron chi connectivity index (χ1n) is 9.19. The van der Waals surface area contributed by atoms with Crippen LogP contribution < -0.4 is 11.2 Å². The summed E-state index contributed by atoms with van der Waals surface area (Å²) in [6.45, 7) is 3.57. The van der Waals surface area contributed by atoms with Crippen LogP contribution in [0.5, 0.6) is 0 Å². The van der Waals surface area contributed by atoms with Crippen molar-refractivity contribution in [3.63, 3.8) is 0 Å². The minimum Gasteiger partial charge on any atom is -0.376 e. The number of ether oxygens (including phenoxy) is 1. The standard InChI is InChI=1S/C19H21ClN4O3/c1-2-9-22-12-21-17-16(22)18(25)23(11-13-6-5-10-27-13)19(26)24(17)15-8-4-3-7-14(15)20/h3-4,7-8,12-13H,2,5-6,9-11H2,1H3. The van der Waals surface area contributed by atoms with E-state index in [0.717, 1.165) is 19.3 Å². The predicted octanol–water partition coefficient (Wildman–Crippen LogP) is 2.59. The number of imidazole rings is 1. The summed E-state index contributed by atoms with van der Waals surface area (Å²) in [7, 11) is 0. The Morgan fingerprint density at radius 1 is 1.30 bits per heavy atom. The molecule has 0 saturated carbocycles. The van der Waals surface area contributed by atoms with E-state index in [1.807, 2.05) is 6.92 Å². The fourth-order valence-corrected chi connectivity index (χ4v) is 3.81. The first-order chi connectivity index (χ1) is 13.1. The maximum Gasteiger partial charge on any atom is 0.337 e. The van der Waals surface area contributed by atoms with Gasteiger partial charge in [-0.05, 0) is 31.4 Å². The van der Waals surface area contributed by atoms with Crippen LogP contribution >= 0.6 is 11.6 Å². The van der Waals surface area contributed by atoms with Crippen molar-refractivity contribution < 1.29 is 4.74 Å². The summed E-state index contributed by atoms with van der Waals surface area (Å²) in [6.07, 6.45) is 4.11. The number of para-hydroxylation sites is 1. The molecule has 8 heteroatoms. The summed E-state index contributed by atoms with van der Waals surface area (Å²) in [5, 5.41) is 0.424. The number of nitrogens with zero attached hydrogens (tertiary/aromatic N) is 4. The van der Waals surface area contributed by atoms with E-state index in [4.69, 9.17) is 16.3 Å². The van der Waals surface area contributed by atoms with E-state index in [-0.39, 0.29) is 18.2 Å². The lowest BCUT2D eigenvalue weighted by Crippen LogP contribution is -2.42. The molecular formula is C19H21ClN4O3. The maximum absolute atomic E-state index is 13.3. The molecule has 1 unspecified atom stereocenters. The fourth-order valence-electron chi connectivity index (χ4n) is 3.59. The summed E-state index contributed by atoms with van der Waals surface area (Å²) in [4.78, 5) is 30.8. The van der Waals surface area contributed by atoms with E-state index in [9.17, 15) is 9.59 Å². The van der Waals surface area contributed by atoms with Crippen molar-refractivity contribution in [1.29, 1.82) is 0 Å². The second-order valence-corrected chi connectivity index (χ2v) is 7.14. The van der Waals surface area contributed by atoms with Crippen molar-refractivity contribution in [3.05, 3.63) is 56.5 Å². The molecule has 1 aromatic carbocycles. The number of hydrogen-bond acceptors (Lipinski definition) is 4. The average Bonchev–Trinajstić information content (AvgIpc) is 3.31. The largest absolute Gasteiger partial charge is 0.376 e. The monoisotopic (exact) mass is 388 g/mol. The third-order valence-corrected chi connectivity index (χ3v) is 5.19. The van der Waals surface area contributed by atoms with Crippen molar-refractivity contribution >= 4 is 22.8 Å². The molecule has 0 amide bonds. The fraction of sp³-hybridized carbons (Fsp3) is 0.421. The Morgan fingerprint density at radius 2 is 2.11 bits per heavy atom. The molecule has 1 fully saturated rings. The number of halogens is 1. The van der Waals surface area contributed by atoms with Crippen LogP contribution in [0.4, 0.5) is 0 Å². The van der Waals surface area contributed by atoms with Gasteiger partial charge in [0.15, 0.2) is 11.2 Å². The highest BCUT2D eigenvalue weighted by Crippen LogP contribution is 2.21. The van der Waals surface area contributed by atoms with Crippen LogP contribution in [0.2, 0.25) is 5.02 Å². The van der Waals surface area contributed by atoms with Gasteiger partial charge in [-0.1, -0.05) is 30.7 Å². The summed E-state index contributed by atoms with van der Waals surface area (Å²) in [5.74, 6) is 0. The first kappa shape index (κ1) is 18.0. The molecule has 27 heavy (non-hydrogen) atoms. The predicted molar refractivity (Wildman–Crippen MR) is 104 cm³/mol.